The molecule has 1 aliphatic heterocycles. The number of carbonyl (C=O) groups is 1. The summed E-state index contributed by atoms with van der Waals surface area (Å²) in [5.74, 6) is -0.0241. The molecule has 1 aromatic heterocycles. The lowest BCUT2D eigenvalue weighted by Gasteiger charge is -2.24. The minimum absolute atomic E-state index is 0.0241. The Morgan fingerprint density at radius 2 is 2.04 bits per heavy atom. The molecule has 0 spiro atoms. The van der Waals surface area contributed by atoms with E-state index < -0.39 is 0 Å². The average Bonchev–Trinajstić information content (AvgIpc) is 3.16. The second-order valence-corrected chi connectivity index (χ2v) is 6.66. The maximum Gasteiger partial charge on any atom is 0.274 e. The minimum Gasteiger partial charge on any atom is -0.373 e. The number of benzene rings is 1. The molecule has 6 nitrogen and oxygen atoms in total. The lowest BCUT2D eigenvalue weighted by Crippen LogP contribution is -2.35. The van der Waals surface area contributed by atoms with Crippen LogP contribution in [0.5, 0.6) is 0 Å². The van der Waals surface area contributed by atoms with Gasteiger partial charge in [0.05, 0.1) is 6.04 Å². The molecule has 1 unspecified atom stereocenters. The van der Waals surface area contributed by atoms with Crippen LogP contribution in [0.2, 0.25) is 0 Å². The lowest BCUT2D eigenvalue weighted by molar-refractivity contribution is 0.0791. The van der Waals surface area contributed by atoms with Crippen LogP contribution in [0.15, 0.2) is 42.6 Å². The van der Waals surface area contributed by atoms with E-state index in [2.05, 4.69) is 27.4 Å². The molecular weight excluding hydrogens is 314 g/mol. The second kappa shape index (κ2) is 8.16. The highest BCUT2D eigenvalue weighted by atomic mass is 16.2. The molecule has 25 heavy (non-hydrogen) atoms. The number of amides is 1. The third-order valence-electron chi connectivity index (χ3n) is 4.79. The fraction of sp³-hybridized carbons (Fsp3) is 0.474. The summed E-state index contributed by atoms with van der Waals surface area (Å²) >= 11 is 0. The van der Waals surface area contributed by atoms with E-state index in [9.17, 15) is 4.79 Å². The van der Waals surface area contributed by atoms with Crippen LogP contribution in [0.1, 0.15) is 29.4 Å². The SMILES string of the molecule is CN(CCN(C)c1ccccc1)C(=O)c1ccn(C2CCCNC2)n1. The molecule has 1 fully saturated rings. The topological polar surface area (TPSA) is 53.4 Å². The van der Waals surface area contributed by atoms with E-state index in [0.717, 1.165) is 38.2 Å². The predicted octanol–water partition coefficient (Wildman–Crippen LogP) is 2.02. The van der Waals surface area contributed by atoms with E-state index in [1.165, 1.54) is 0 Å². The van der Waals surface area contributed by atoms with Gasteiger partial charge in [-0.1, -0.05) is 18.2 Å². The summed E-state index contributed by atoms with van der Waals surface area (Å²) in [6.45, 7) is 3.43. The molecule has 1 aromatic carbocycles. The zero-order valence-electron chi connectivity index (χ0n) is 15.1. The molecule has 3 rings (SSSR count). The Labute approximate surface area is 149 Å². The van der Waals surface area contributed by atoms with Gasteiger partial charge in [0, 0.05) is 45.6 Å². The highest BCUT2D eigenvalue weighted by Crippen LogP contribution is 2.16. The van der Waals surface area contributed by atoms with E-state index in [4.69, 9.17) is 0 Å². The zero-order chi connectivity index (χ0) is 17.6. The number of hydrogen-bond acceptors (Lipinski definition) is 4. The third-order valence-corrected chi connectivity index (χ3v) is 4.79. The van der Waals surface area contributed by atoms with Gasteiger partial charge in [-0.05, 0) is 37.6 Å². The molecule has 2 aromatic rings. The Hall–Kier alpha value is -2.34. The van der Waals surface area contributed by atoms with Gasteiger partial charge in [0.15, 0.2) is 0 Å². The maximum absolute atomic E-state index is 12.6. The number of anilines is 1. The van der Waals surface area contributed by atoms with Gasteiger partial charge in [-0.15, -0.1) is 0 Å². The molecule has 0 aliphatic carbocycles. The molecule has 1 saturated heterocycles. The first-order valence-electron chi connectivity index (χ1n) is 8.92. The number of hydrogen-bond donors (Lipinski definition) is 1. The van der Waals surface area contributed by atoms with Gasteiger partial charge in [-0.25, -0.2) is 0 Å². The number of carbonyl (C=O) groups excluding carboxylic acids is 1. The number of nitrogens with one attached hydrogen (secondary N) is 1. The van der Waals surface area contributed by atoms with Crippen LogP contribution in [0, 0.1) is 0 Å². The molecular formula is C19H27N5O. The first-order chi connectivity index (χ1) is 12.1. The zero-order valence-corrected chi connectivity index (χ0v) is 15.1. The van der Waals surface area contributed by atoms with E-state index in [1.807, 2.05) is 49.2 Å². The molecule has 1 atom stereocenters. The Kier molecular flexibility index (Phi) is 5.71. The van der Waals surface area contributed by atoms with Crippen molar-refractivity contribution in [2.75, 3.05) is 45.2 Å². The smallest absolute Gasteiger partial charge is 0.274 e. The van der Waals surface area contributed by atoms with Gasteiger partial charge < -0.3 is 15.1 Å². The van der Waals surface area contributed by atoms with Crippen molar-refractivity contribution in [3.05, 3.63) is 48.3 Å². The fourth-order valence-corrected chi connectivity index (χ4v) is 3.12. The van der Waals surface area contributed by atoms with E-state index in [1.54, 1.807) is 4.90 Å². The highest BCUT2D eigenvalue weighted by molar-refractivity contribution is 5.92. The number of rotatable bonds is 6. The van der Waals surface area contributed by atoms with Crippen LogP contribution in [0.25, 0.3) is 0 Å². The Morgan fingerprint density at radius 1 is 1.24 bits per heavy atom. The molecule has 0 saturated carbocycles. The molecule has 0 radical (unpaired) electrons. The summed E-state index contributed by atoms with van der Waals surface area (Å²) in [6.07, 6.45) is 4.19. The first kappa shape index (κ1) is 17.5. The fourth-order valence-electron chi connectivity index (χ4n) is 3.12. The summed E-state index contributed by atoms with van der Waals surface area (Å²) in [7, 11) is 3.88. The largest absolute Gasteiger partial charge is 0.373 e. The van der Waals surface area contributed by atoms with E-state index >= 15 is 0 Å². The second-order valence-electron chi connectivity index (χ2n) is 6.66. The standard InChI is InChI=1S/C19H27N5O/c1-22(16-7-4-3-5-8-16)13-14-23(2)19(25)18-10-12-24(21-18)17-9-6-11-20-15-17/h3-5,7-8,10,12,17,20H,6,9,11,13-15H2,1-2H3. The third kappa shape index (κ3) is 4.39. The number of likely N-dealkylation sites (N-methyl/N-ethyl adjacent to an activating group) is 2. The van der Waals surface area contributed by atoms with Gasteiger partial charge in [0.25, 0.3) is 5.91 Å². The van der Waals surface area contributed by atoms with Crippen molar-refractivity contribution in [1.29, 1.82) is 0 Å². The van der Waals surface area contributed by atoms with Crippen molar-refractivity contribution in [3.8, 4) is 0 Å². The van der Waals surface area contributed by atoms with Crippen molar-refractivity contribution >= 4 is 11.6 Å². The van der Waals surface area contributed by atoms with E-state index in [0.29, 0.717) is 18.3 Å². The number of nitrogens with zero attached hydrogens (tertiary/aromatic N) is 4. The van der Waals surface area contributed by atoms with Crippen molar-refractivity contribution in [1.82, 2.24) is 20.0 Å². The first-order valence-corrected chi connectivity index (χ1v) is 8.92. The van der Waals surface area contributed by atoms with Gasteiger partial charge in [0.1, 0.15) is 5.69 Å². The Morgan fingerprint density at radius 3 is 2.76 bits per heavy atom. The number of piperidine rings is 1. The predicted molar refractivity (Wildman–Crippen MR) is 100 cm³/mol. The summed E-state index contributed by atoms with van der Waals surface area (Å²) in [5.41, 5.74) is 1.67. The van der Waals surface area contributed by atoms with Gasteiger partial charge >= 0.3 is 0 Å². The quantitative estimate of drug-likeness (QED) is 0.873. The monoisotopic (exact) mass is 341 g/mol. The minimum atomic E-state index is -0.0241. The maximum atomic E-state index is 12.6. The highest BCUT2D eigenvalue weighted by Gasteiger charge is 2.19. The van der Waals surface area contributed by atoms with Crippen LogP contribution in [0.4, 0.5) is 5.69 Å². The molecule has 1 amide bonds. The summed E-state index contributed by atoms with van der Waals surface area (Å²) < 4.78 is 1.93. The van der Waals surface area contributed by atoms with Crippen molar-refractivity contribution < 1.29 is 4.79 Å². The lowest BCUT2D eigenvalue weighted by atomic mass is 10.1. The molecule has 6 heteroatoms. The average molecular weight is 341 g/mol. The molecule has 1 aliphatic rings. The van der Waals surface area contributed by atoms with Crippen molar-refractivity contribution in [2.24, 2.45) is 0 Å². The normalized spacial score (nSPS) is 17.3. The molecule has 134 valence electrons. The van der Waals surface area contributed by atoms with Crippen molar-refractivity contribution in [3.63, 3.8) is 0 Å². The molecule has 1 N–H and O–H groups in total. The summed E-state index contributed by atoms with van der Waals surface area (Å²) in [5, 5.41) is 7.89. The van der Waals surface area contributed by atoms with Gasteiger partial charge in [-0.2, -0.15) is 5.10 Å². The van der Waals surface area contributed by atoms with Crippen molar-refractivity contribution in [2.45, 2.75) is 18.9 Å². The van der Waals surface area contributed by atoms with Gasteiger partial charge in [-0.3, -0.25) is 9.48 Å². The van der Waals surface area contributed by atoms with Crippen LogP contribution in [0.3, 0.4) is 0 Å². The summed E-state index contributed by atoms with van der Waals surface area (Å²) in [4.78, 5) is 16.5. The van der Waals surface area contributed by atoms with E-state index in [-0.39, 0.29) is 5.91 Å². The van der Waals surface area contributed by atoms with Gasteiger partial charge in [0.2, 0.25) is 0 Å². The number of para-hydroxylation sites is 1. The van der Waals surface area contributed by atoms with Crippen LogP contribution in [-0.2, 0) is 0 Å². The summed E-state index contributed by atoms with van der Waals surface area (Å²) in [6, 6.07) is 12.4. The Balaban J connectivity index is 1.54. The van der Waals surface area contributed by atoms with Crippen LogP contribution in [-0.4, -0.2) is 60.9 Å². The molecule has 0 bridgehead atoms. The van der Waals surface area contributed by atoms with Crippen LogP contribution >= 0.6 is 0 Å². The Bertz CT molecular complexity index is 678. The van der Waals surface area contributed by atoms with Crippen LogP contribution < -0.4 is 10.2 Å². The number of aromatic nitrogens is 2. The molecule has 2 heterocycles.